The lowest BCUT2D eigenvalue weighted by molar-refractivity contribution is 0.124. The molecule has 0 saturated heterocycles. The van der Waals surface area contributed by atoms with Crippen LogP contribution in [0.25, 0.3) is 0 Å². The van der Waals surface area contributed by atoms with Crippen molar-refractivity contribution < 1.29 is 13.5 Å². The van der Waals surface area contributed by atoms with Crippen molar-refractivity contribution in [2.45, 2.75) is 32.2 Å². The maximum absolute atomic E-state index is 13.4. The number of nitrogens with one attached hydrogen (secondary N) is 1. The average Bonchev–Trinajstić information content (AvgIpc) is 2.37. The summed E-state index contributed by atoms with van der Waals surface area (Å²) in [5.41, 5.74) is 2.93. The van der Waals surface area contributed by atoms with Gasteiger partial charge in [-0.15, -0.1) is 0 Å². The Balaban J connectivity index is 2.48. The number of hydrogen-bond acceptors (Lipinski definition) is 3. The number of nitrogens with two attached hydrogens (primary N) is 1. The fraction of sp³-hybridized carbons (Fsp3) is 0.538. The third-order valence-corrected chi connectivity index (χ3v) is 2.67. The van der Waals surface area contributed by atoms with Crippen LogP contribution >= 0.6 is 0 Å². The molecular weight excluding hydrogens is 238 g/mol. The lowest BCUT2D eigenvalue weighted by Crippen LogP contribution is -2.37. The van der Waals surface area contributed by atoms with Crippen molar-refractivity contribution in [3.05, 3.63) is 35.4 Å². The van der Waals surface area contributed by atoms with E-state index in [2.05, 4.69) is 5.43 Å². The minimum Gasteiger partial charge on any atom is -0.381 e. The zero-order valence-electron chi connectivity index (χ0n) is 10.6. The minimum absolute atomic E-state index is 0.127. The maximum Gasteiger partial charge on any atom is 0.126 e. The molecule has 102 valence electrons. The first-order valence-electron chi connectivity index (χ1n) is 6.15. The third kappa shape index (κ3) is 5.08. The van der Waals surface area contributed by atoms with Gasteiger partial charge in [-0.05, 0) is 43.0 Å². The fourth-order valence-corrected chi connectivity index (χ4v) is 1.68. The predicted octanol–water partition coefficient (Wildman–Crippen LogP) is 2.16. The SMILES string of the molecule is CCCOCCC(Cc1cc(F)ccc1F)NN. The second kappa shape index (κ2) is 8.13. The molecule has 0 bridgehead atoms. The van der Waals surface area contributed by atoms with Gasteiger partial charge in [-0.3, -0.25) is 11.3 Å². The van der Waals surface area contributed by atoms with Gasteiger partial charge in [0.2, 0.25) is 0 Å². The highest BCUT2D eigenvalue weighted by atomic mass is 19.1. The first-order valence-corrected chi connectivity index (χ1v) is 6.15. The Kier molecular flexibility index (Phi) is 6.78. The number of hydrazine groups is 1. The summed E-state index contributed by atoms with van der Waals surface area (Å²) in [6.45, 7) is 3.28. The predicted molar refractivity (Wildman–Crippen MR) is 66.9 cm³/mol. The third-order valence-electron chi connectivity index (χ3n) is 2.67. The molecule has 0 aliphatic carbocycles. The molecule has 0 aliphatic rings. The summed E-state index contributed by atoms with van der Waals surface area (Å²) in [5.74, 6) is 4.55. The molecule has 0 saturated carbocycles. The largest absolute Gasteiger partial charge is 0.381 e. The molecule has 0 heterocycles. The van der Waals surface area contributed by atoms with Crippen molar-refractivity contribution in [2.75, 3.05) is 13.2 Å². The summed E-state index contributed by atoms with van der Waals surface area (Å²) in [5, 5.41) is 0. The van der Waals surface area contributed by atoms with Crippen molar-refractivity contribution in [1.82, 2.24) is 5.43 Å². The Morgan fingerprint density at radius 2 is 2.11 bits per heavy atom. The maximum atomic E-state index is 13.4. The summed E-state index contributed by atoms with van der Waals surface area (Å²) in [6.07, 6.45) is 1.96. The first-order chi connectivity index (χ1) is 8.67. The van der Waals surface area contributed by atoms with Gasteiger partial charge in [-0.25, -0.2) is 8.78 Å². The van der Waals surface area contributed by atoms with Gasteiger partial charge in [-0.1, -0.05) is 6.92 Å². The summed E-state index contributed by atoms with van der Waals surface area (Å²) in [6, 6.07) is 3.31. The van der Waals surface area contributed by atoms with E-state index in [4.69, 9.17) is 10.6 Å². The van der Waals surface area contributed by atoms with Crippen LogP contribution in [0.2, 0.25) is 0 Å². The Bertz CT molecular complexity index is 361. The van der Waals surface area contributed by atoms with Crippen LogP contribution in [0.1, 0.15) is 25.3 Å². The van der Waals surface area contributed by atoms with Crippen LogP contribution in [-0.4, -0.2) is 19.3 Å². The lowest BCUT2D eigenvalue weighted by Gasteiger charge is -2.16. The van der Waals surface area contributed by atoms with Crippen LogP contribution in [-0.2, 0) is 11.2 Å². The molecule has 0 radical (unpaired) electrons. The molecule has 0 aliphatic heterocycles. The highest BCUT2D eigenvalue weighted by Gasteiger charge is 2.11. The summed E-state index contributed by atoms with van der Waals surface area (Å²) >= 11 is 0. The van der Waals surface area contributed by atoms with Gasteiger partial charge in [-0.2, -0.15) is 0 Å². The Labute approximate surface area is 106 Å². The molecule has 0 fully saturated rings. The van der Waals surface area contributed by atoms with Crippen LogP contribution in [0, 0.1) is 11.6 Å². The van der Waals surface area contributed by atoms with Gasteiger partial charge in [0.05, 0.1) is 0 Å². The molecule has 18 heavy (non-hydrogen) atoms. The highest BCUT2D eigenvalue weighted by molar-refractivity contribution is 5.19. The normalized spacial score (nSPS) is 12.7. The number of halogens is 2. The summed E-state index contributed by atoms with van der Waals surface area (Å²) < 4.78 is 31.8. The lowest BCUT2D eigenvalue weighted by atomic mass is 10.0. The van der Waals surface area contributed by atoms with Gasteiger partial charge < -0.3 is 4.74 Å². The number of ether oxygens (including phenoxy) is 1. The van der Waals surface area contributed by atoms with Crippen molar-refractivity contribution in [1.29, 1.82) is 0 Å². The fourth-order valence-electron chi connectivity index (χ4n) is 1.68. The number of benzene rings is 1. The molecule has 3 N–H and O–H groups in total. The molecule has 1 atom stereocenters. The second-order valence-corrected chi connectivity index (χ2v) is 4.20. The molecular formula is C13H20F2N2O. The molecule has 5 heteroatoms. The van der Waals surface area contributed by atoms with Gasteiger partial charge in [0.25, 0.3) is 0 Å². The smallest absolute Gasteiger partial charge is 0.126 e. The quantitative estimate of drug-likeness (QED) is 0.427. The van der Waals surface area contributed by atoms with E-state index < -0.39 is 11.6 Å². The van der Waals surface area contributed by atoms with Gasteiger partial charge in [0, 0.05) is 19.3 Å². The van der Waals surface area contributed by atoms with Crippen molar-refractivity contribution >= 4 is 0 Å². The van der Waals surface area contributed by atoms with Gasteiger partial charge >= 0.3 is 0 Å². The first kappa shape index (κ1) is 15.0. The van der Waals surface area contributed by atoms with Crippen molar-refractivity contribution in [2.24, 2.45) is 5.84 Å². The van der Waals surface area contributed by atoms with E-state index in [1.165, 1.54) is 6.07 Å². The Morgan fingerprint density at radius 3 is 2.78 bits per heavy atom. The summed E-state index contributed by atoms with van der Waals surface area (Å²) in [4.78, 5) is 0. The topological polar surface area (TPSA) is 47.3 Å². The minimum atomic E-state index is -0.440. The van der Waals surface area contributed by atoms with Crippen LogP contribution in [0.5, 0.6) is 0 Å². The zero-order chi connectivity index (χ0) is 13.4. The molecule has 3 nitrogen and oxygen atoms in total. The van der Waals surface area contributed by atoms with E-state index in [1.807, 2.05) is 6.92 Å². The average molecular weight is 258 g/mol. The van der Waals surface area contributed by atoms with E-state index in [-0.39, 0.29) is 6.04 Å². The summed E-state index contributed by atoms with van der Waals surface area (Å²) in [7, 11) is 0. The van der Waals surface area contributed by atoms with E-state index in [0.29, 0.717) is 31.6 Å². The second-order valence-electron chi connectivity index (χ2n) is 4.20. The zero-order valence-corrected chi connectivity index (χ0v) is 10.6. The van der Waals surface area contributed by atoms with E-state index >= 15 is 0 Å². The van der Waals surface area contributed by atoms with Crippen LogP contribution in [0.15, 0.2) is 18.2 Å². The number of rotatable bonds is 8. The van der Waals surface area contributed by atoms with Crippen LogP contribution in [0.4, 0.5) is 8.78 Å². The van der Waals surface area contributed by atoms with Gasteiger partial charge in [0.1, 0.15) is 11.6 Å². The van der Waals surface area contributed by atoms with E-state index in [9.17, 15) is 8.78 Å². The molecule has 0 amide bonds. The Hall–Kier alpha value is -1.04. The van der Waals surface area contributed by atoms with E-state index in [1.54, 1.807) is 0 Å². The molecule has 0 spiro atoms. The highest BCUT2D eigenvalue weighted by Crippen LogP contribution is 2.13. The van der Waals surface area contributed by atoms with Crippen LogP contribution in [0.3, 0.4) is 0 Å². The van der Waals surface area contributed by atoms with Crippen molar-refractivity contribution in [3.8, 4) is 0 Å². The van der Waals surface area contributed by atoms with Gasteiger partial charge in [0.15, 0.2) is 0 Å². The Morgan fingerprint density at radius 1 is 1.33 bits per heavy atom. The molecule has 1 aromatic carbocycles. The molecule has 1 rings (SSSR count). The van der Waals surface area contributed by atoms with Crippen LogP contribution < -0.4 is 11.3 Å². The number of hydrogen-bond donors (Lipinski definition) is 2. The van der Waals surface area contributed by atoms with Crippen molar-refractivity contribution in [3.63, 3.8) is 0 Å². The molecule has 1 aromatic rings. The standard InChI is InChI=1S/C13H20F2N2O/c1-2-6-18-7-5-12(17-16)9-10-8-11(14)3-4-13(10)15/h3-4,8,12,17H,2,5-7,9,16H2,1H3. The molecule has 0 aromatic heterocycles. The van der Waals surface area contributed by atoms with E-state index in [0.717, 1.165) is 18.6 Å². The monoisotopic (exact) mass is 258 g/mol. The molecule has 1 unspecified atom stereocenters.